The number of rotatable bonds is 2. The average Bonchev–Trinajstić information content (AvgIpc) is 2.85. The number of aromatic nitrogens is 2. The van der Waals surface area contributed by atoms with Crippen molar-refractivity contribution < 1.29 is 13.2 Å². The SMILES string of the molecule is CC(C)n1cc(C(F)(F)F)nc1-c1cccs1. The first-order chi connectivity index (χ1) is 7.89. The minimum atomic E-state index is -4.40. The average molecular weight is 260 g/mol. The van der Waals surface area contributed by atoms with Crippen molar-refractivity contribution in [3.8, 4) is 10.7 Å². The van der Waals surface area contributed by atoms with E-state index in [1.165, 1.54) is 11.3 Å². The van der Waals surface area contributed by atoms with Gasteiger partial charge in [-0.3, -0.25) is 0 Å². The Morgan fingerprint density at radius 2 is 2.06 bits per heavy atom. The van der Waals surface area contributed by atoms with Crippen LogP contribution in [-0.4, -0.2) is 9.55 Å². The molecule has 6 heteroatoms. The summed E-state index contributed by atoms with van der Waals surface area (Å²) in [5.41, 5.74) is -0.838. The van der Waals surface area contributed by atoms with E-state index in [0.717, 1.165) is 11.1 Å². The fraction of sp³-hybridized carbons (Fsp3) is 0.364. The van der Waals surface area contributed by atoms with Crippen molar-refractivity contribution in [3.05, 3.63) is 29.4 Å². The van der Waals surface area contributed by atoms with Gasteiger partial charge in [0.2, 0.25) is 0 Å². The van der Waals surface area contributed by atoms with Crippen LogP contribution in [0.5, 0.6) is 0 Å². The molecule has 2 aromatic heterocycles. The van der Waals surface area contributed by atoms with Gasteiger partial charge < -0.3 is 4.57 Å². The molecular weight excluding hydrogens is 249 g/mol. The molecule has 0 saturated heterocycles. The van der Waals surface area contributed by atoms with E-state index in [-0.39, 0.29) is 6.04 Å². The van der Waals surface area contributed by atoms with E-state index in [0.29, 0.717) is 5.82 Å². The molecule has 0 aliphatic carbocycles. The number of hydrogen-bond donors (Lipinski definition) is 0. The molecule has 0 atom stereocenters. The summed E-state index contributed by atoms with van der Waals surface area (Å²) >= 11 is 1.38. The number of nitrogens with zero attached hydrogens (tertiary/aromatic N) is 2. The van der Waals surface area contributed by atoms with Crippen molar-refractivity contribution >= 4 is 11.3 Å². The molecule has 0 spiro atoms. The van der Waals surface area contributed by atoms with Gasteiger partial charge in [-0.25, -0.2) is 4.98 Å². The number of alkyl halides is 3. The third-order valence-electron chi connectivity index (χ3n) is 2.32. The van der Waals surface area contributed by atoms with E-state index in [2.05, 4.69) is 4.98 Å². The Hall–Kier alpha value is -1.30. The van der Waals surface area contributed by atoms with E-state index >= 15 is 0 Å². The van der Waals surface area contributed by atoms with Gasteiger partial charge in [0.1, 0.15) is 0 Å². The maximum atomic E-state index is 12.6. The van der Waals surface area contributed by atoms with Gasteiger partial charge >= 0.3 is 6.18 Å². The zero-order valence-electron chi connectivity index (χ0n) is 9.32. The van der Waals surface area contributed by atoms with Gasteiger partial charge in [-0.15, -0.1) is 11.3 Å². The molecule has 0 amide bonds. The molecule has 0 N–H and O–H groups in total. The second-order valence-corrected chi connectivity index (χ2v) is 4.87. The second-order valence-electron chi connectivity index (χ2n) is 3.93. The van der Waals surface area contributed by atoms with Crippen LogP contribution >= 0.6 is 11.3 Å². The van der Waals surface area contributed by atoms with Crippen molar-refractivity contribution in [2.24, 2.45) is 0 Å². The summed E-state index contributed by atoms with van der Waals surface area (Å²) in [6.45, 7) is 3.66. The Morgan fingerprint density at radius 1 is 1.35 bits per heavy atom. The number of thiophene rings is 1. The monoisotopic (exact) mass is 260 g/mol. The van der Waals surface area contributed by atoms with Crippen LogP contribution < -0.4 is 0 Å². The van der Waals surface area contributed by atoms with Gasteiger partial charge in [0.05, 0.1) is 4.88 Å². The number of imidazole rings is 1. The molecule has 17 heavy (non-hydrogen) atoms. The Bertz CT molecular complexity index is 497. The predicted octanol–water partition coefficient (Wildman–Crippen LogP) is 4.21. The zero-order valence-corrected chi connectivity index (χ0v) is 10.1. The van der Waals surface area contributed by atoms with Crippen LogP contribution in [0.2, 0.25) is 0 Å². The van der Waals surface area contributed by atoms with Crippen molar-refractivity contribution in [3.63, 3.8) is 0 Å². The predicted molar refractivity (Wildman–Crippen MR) is 60.9 cm³/mol. The first kappa shape index (κ1) is 12.2. The fourth-order valence-corrected chi connectivity index (χ4v) is 2.23. The molecule has 0 aliphatic heterocycles. The Morgan fingerprint density at radius 3 is 2.53 bits per heavy atom. The maximum Gasteiger partial charge on any atom is 0.434 e. The van der Waals surface area contributed by atoms with Crippen molar-refractivity contribution in [1.82, 2.24) is 9.55 Å². The molecule has 2 heterocycles. The van der Waals surface area contributed by atoms with Gasteiger partial charge in [0.15, 0.2) is 11.5 Å². The highest BCUT2D eigenvalue weighted by Crippen LogP contribution is 2.33. The van der Waals surface area contributed by atoms with Crippen LogP contribution in [0.3, 0.4) is 0 Å². The summed E-state index contributed by atoms with van der Waals surface area (Å²) < 4.78 is 39.4. The summed E-state index contributed by atoms with van der Waals surface area (Å²) in [6.07, 6.45) is -3.33. The lowest BCUT2D eigenvalue weighted by Crippen LogP contribution is -2.05. The molecule has 2 aromatic rings. The highest BCUT2D eigenvalue weighted by atomic mass is 32.1. The standard InChI is InChI=1S/C11H11F3N2S/c1-7(2)16-6-9(11(12,13)14)15-10(16)8-4-3-5-17-8/h3-7H,1-2H3. The molecule has 92 valence electrons. The molecule has 0 aromatic carbocycles. The minimum Gasteiger partial charge on any atom is -0.327 e. The first-order valence-corrected chi connectivity index (χ1v) is 5.97. The molecule has 0 fully saturated rings. The van der Waals surface area contributed by atoms with E-state index in [4.69, 9.17) is 0 Å². The van der Waals surface area contributed by atoms with Crippen molar-refractivity contribution in [1.29, 1.82) is 0 Å². The summed E-state index contributed by atoms with van der Waals surface area (Å²) in [6, 6.07) is 3.51. The lowest BCUT2D eigenvalue weighted by molar-refractivity contribution is -0.140. The van der Waals surface area contributed by atoms with Crippen LogP contribution in [0, 0.1) is 0 Å². The van der Waals surface area contributed by atoms with Crippen LogP contribution in [0.4, 0.5) is 13.2 Å². The van der Waals surface area contributed by atoms with Gasteiger partial charge in [0, 0.05) is 12.2 Å². The molecule has 2 rings (SSSR count). The minimum absolute atomic E-state index is 0.0595. The summed E-state index contributed by atoms with van der Waals surface area (Å²) in [5, 5.41) is 1.82. The van der Waals surface area contributed by atoms with Gasteiger partial charge in [0.25, 0.3) is 0 Å². The third kappa shape index (κ3) is 2.36. The third-order valence-corrected chi connectivity index (χ3v) is 3.19. The highest BCUT2D eigenvalue weighted by molar-refractivity contribution is 7.13. The zero-order chi connectivity index (χ0) is 12.6. The molecule has 0 bridgehead atoms. The molecule has 2 nitrogen and oxygen atoms in total. The Kier molecular flexibility index (Phi) is 2.99. The quantitative estimate of drug-likeness (QED) is 0.790. The molecular formula is C11H11F3N2S. The maximum absolute atomic E-state index is 12.6. The van der Waals surface area contributed by atoms with E-state index in [9.17, 15) is 13.2 Å². The van der Waals surface area contributed by atoms with Gasteiger partial charge in [-0.2, -0.15) is 13.2 Å². The van der Waals surface area contributed by atoms with E-state index in [1.807, 2.05) is 19.2 Å². The molecule has 0 unspecified atom stereocenters. The number of hydrogen-bond acceptors (Lipinski definition) is 2. The van der Waals surface area contributed by atoms with Gasteiger partial charge in [-0.1, -0.05) is 6.07 Å². The van der Waals surface area contributed by atoms with Crippen LogP contribution in [0.25, 0.3) is 10.7 Å². The second kappa shape index (κ2) is 4.18. The topological polar surface area (TPSA) is 17.8 Å². The summed E-state index contributed by atoms with van der Waals surface area (Å²) in [5.74, 6) is 0.377. The smallest absolute Gasteiger partial charge is 0.327 e. The van der Waals surface area contributed by atoms with Crippen LogP contribution in [0.1, 0.15) is 25.6 Å². The summed E-state index contributed by atoms with van der Waals surface area (Å²) in [7, 11) is 0. The van der Waals surface area contributed by atoms with Crippen molar-refractivity contribution in [2.75, 3.05) is 0 Å². The van der Waals surface area contributed by atoms with Crippen LogP contribution in [0.15, 0.2) is 23.7 Å². The molecule has 0 radical (unpaired) electrons. The lowest BCUT2D eigenvalue weighted by atomic mass is 10.3. The molecule has 0 saturated carbocycles. The normalized spacial score (nSPS) is 12.4. The Balaban J connectivity index is 2.54. The van der Waals surface area contributed by atoms with Crippen molar-refractivity contribution in [2.45, 2.75) is 26.1 Å². The van der Waals surface area contributed by atoms with Crippen LogP contribution in [-0.2, 0) is 6.18 Å². The van der Waals surface area contributed by atoms with E-state index in [1.54, 1.807) is 16.7 Å². The summed E-state index contributed by atoms with van der Waals surface area (Å²) in [4.78, 5) is 4.44. The van der Waals surface area contributed by atoms with Gasteiger partial charge in [-0.05, 0) is 25.3 Å². The highest BCUT2D eigenvalue weighted by Gasteiger charge is 2.35. The van der Waals surface area contributed by atoms with E-state index < -0.39 is 11.9 Å². The largest absolute Gasteiger partial charge is 0.434 e. The Labute approximate surface area is 101 Å². The lowest BCUT2D eigenvalue weighted by Gasteiger charge is -2.09. The fourth-order valence-electron chi connectivity index (χ4n) is 1.51. The number of halogens is 3. The molecule has 0 aliphatic rings. The first-order valence-electron chi connectivity index (χ1n) is 5.09.